The molecule has 3 rings (SSSR count). The second-order valence-electron chi connectivity index (χ2n) is 6.12. The molecule has 0 unspecified atom stereocenters. The number of aromatic nitrogens is 2. The van der Waals surface area contributed by atoms with Crippen LogP contribution in [0, 0.1) is 0 Å². The molecule has 0 saturated heterocycles. The van der Waals surface area contributed by atoms with Gasteiger partial charge in [0, 0.05) is 13.0 Å². The van der Waals surface area contributed by atoms with Gasteiger partial charge in [0.2, 0.25) is 11.7 Å². The molecular weight excluding hydrogens is 378 g/mol. The van der Waals surface area contributed by atoms with Crippen LogP contribution in [0.15, 0.2) is 40.2 Å². The van der Waals surface area contributed by atoms with Crippen molar-refractivity contribution in [2.75, 3.05) is 20.8 Å². The van der Waals surface area contributed by atoms with Crippen molar-refractivity contribution >= 4 is 17.2 Å². The van der Waals surface area contributed by atoms with Crippen molar-refractivity contribution in [2.45, 2.75) is 25.7 Å². The summed E-state index contributed by atoms with van der Waals surface area (Å²) in [5.41, 5.74) is 0.466. The van der Waals surface area contributed by atoms with E-state index in [1.807, 2.05) is 17.5 Å². The zero-order valence-electron chi connectivity index (χ0n) is 15.9. The molecular formula is C20H23N3O4S. The van der Waals surface area contributed by atoms with Gasteiger partial charge in [0.05, 0.1) is 24.7 Å². The smallest absolute Gasteiger partial charge is 0.255 e. The Balaban J connectivity index is 1.39. The van der Waals surface area contributed by atoms with E-state index in [0.717, 1.165) is 30.6 Å². The maximum Gasteiger partial charge on any atom is 0.255 e. The van der Waals surface area contributed by atoms with Crippen LogP contribution in [-0.4, -0.2) is 36.8 Å². The third-order valence-corrected chi connectivity index (χ3v) is 5.08. The van der Waals surface area contributed by atoms with Crippen LogP contribution in [0.5, 0.6) is 11.5 Å². The summed E-state index contributed by atoms with van der Waals surface area (Å²) in [5.74, 6) is 2.26. The molecule has 1 N–H and O–H groups in total. The van der Waals surface area contributed by atoms with Crippen molar-refractivity contribution < 1.29 is 18.8 Å². The van der Waals surface area contributed by atoms with Crippen molar-refractivity contribution in [3.8, 4) is 22.2 Å². The third-order valence-electron chi connectivity index (χ3n) is 4.21. The van der Waals surface area contributed by atoms with Crippen LogP contribution in [-0.2, 0) is 6.42 Å². The number of nitrogens with one attached hydrogen (secondary N) is 1. The summed E-state index contributed by atoms with van der Waals surface area (Å²) >= 11 is 1.59. The maximum absolute atomic E-state index is 12.4. The third kappa shape index (κ3) is 5.10. The zero-order valence-corrected chi connectivity index (χ0v) is 16.8. The van der Waals surface area contributed by atoms with Gasteiger partial charge in [-0.2, -0.15) is 4.98 Å². The van der Waals surface area contributed by atoms with Gasteiger partial charge >= 0.3 is 0 Å². The number of amides is 1. The van der Waals surface area contributed by atoms with Crippen LogP contribution in [0.3, 0.4) is 0 Å². The topological polar surface area (TPSA) is 86.5 Å². The molecule has 8 heteroatoms. The quantitative estimate of drug-likeness (QED) is 0.518. The zero-order chi connectivity index (χ0) is 19.8. The highest BCUT2D eigenvalue weighted by atomic mass is 32.1. The van der Waals surface area contributed by atoms with Crippen molar-refractivity contribution in [1.29, 1.82) is 0 Å². The number of methoxy groups -OCH3 is 2. The first kappa shape index (κ1) is 19.9. The number of benzene rings is 1. The Bertz CT molecular complexity index is 893. The number of carbonyl (C=O) groups is 1. The SMILES string of the molecule is COc1ccc(OC)c(C(=O)NCCCCCc2nc(-c3cccs3)no2)c1. The van der Waals surface area contributed by atoms with E-state index in [0.29, 0.717) is 35.3 Å². The fourth-order valence-corrected chi connectivity index (χ4v) is 3.38. The van der Waals surface area contributed by atoms with Crippen LogP contribution in [0.25, 0.3) is 10.7 Å². The Hall–Kier alpha value is -2.87. The van der Waals surface area contributed by atoms with E-state index in [9.17, 15) is 4.79 Å². The monoisotopic (exact) mass is 401 g/mol. The second-order valence-corrected chi connectivity index (χ2v) is 7.07. The maximum atomic E-state index is 12.4. The van der Waals surface area contributed by atoms with Crippen LogP contribution in [0.1, 0.15) is 35.5 Å². The number of unbranched alkanes of at least 4 members (excludes halogenated alkanes) is 2. The predicted molar refractivity (Wildman–Crippen MR) is 107 cm³/mol. The van der Waals surface area contributed by atoms with Crippen LogP contribution < -0.4 is 14.8 Å². The van der Waals surface area contributed by atoms with Gasteiger partial charge in [-0.05, 0) is 42.5 Å². The van der Waals surface area contributed by atoms with Crippen molar-refractivity contribution in [2.24, 2.45) is 0 Å². The summed E-state index contributed by atoms with van der Waals surface area (Å²) in [5, 5.41) is 8.91. The summed E-state index contributed by atoms with van der Waals surface area (Å²) in [7, 11) is 3.11. The van der Waals surface area contributed by atoms with Gasteiger partial charge in [-0.15, -0.1) is 11.3 Å². The lowest BCUT2D eigenvalue weighted by Gasteiger charge is -2.10. The number of rotatable bonds is 10. The van der Waals surface area contributed by atoms with Gasteiger partial charge in [0.1, 0.15) is 11.5 Å². The minimum atomic E-state index is -0.173. The first-order valence-corrected chi connectivity index (χ1v) is 9.96. The average molecular weight is 401 g/mol. The fourth-order valence-electron chi connectivity index (χ4n) is 2.73. The summed E-state index contributed by atoms with van der Waals surface area (Å²) < 4.78 is 15.7. The number of hydrogen-bond acceptors (Lipinski definition) is 7. The molecule has 0 fully saturated rings. The normalized spacial score (nSPS) is 10.6. The second kappa shape index (κ2) is 9.89. The number of hydrogen-bond donors (Lipinski definition) is 1. The number of aryl methyl sites for hydroxylation is 1. The Labute approximate surface area is 167 Å². The largest absolute Gasteiger partial charge is 0.497 e. The van der Waals surface area contributed by atoms with Crippen molar-refractivity contribution in [1.82, 2.24) is 15.5 Å². The lowest BCUT2D eigenvalue weighted by atomic mass is 10.1. The molecule has 28 heavy (non-hydrogen) atoms. The Morgan fingerprint density at radius 2 is 2.07 bits per heavy atom. The van der Waals surface area contributed by atoms with Crippen molar-refractivity contribution in [3.05, 3.63) is 47.2 Å². The molecule has 1 aromatic carbocycles. The molecule has 0 saturated carbocycles. The summed E-state index contributed by atoms with van der Waals surface area (Å²) in [4.78, 5) is 17.8. The number of ether oxygens (including phenoxy) is 2. The summed E-state index contributed by atoms with van der Waals surface area (Å²) in [6, 6.07) is 9.10. The highest BCUT2D eigenvalue weighted by Crippen LogP contribution is 2.24. The van der Waals surface area contributed by atoms with E-state index in [2.05, 4.69) is 15.5 Å². The fraction of sp³-hybridized carbons (Fsp3) is 0.350. The van der Waals surface area contributed by atoms with Gasteiger partial charge in [-0.25, -0.2) is 0 Å². The van der Waals surface area contributed by atoms with E-state index >= 15 is 0 Å². The lowest BCUT2D eigenvalue weighted by molar-refractivity contribution is 0.0949. The number of thiophene rings is 1. The number of carbonyl (C=O) groups excluding carboxylic acids is 1. The van der Waals surface area contributed by atoms with Crippen LogP contribution >= 0.6 is 11.3 Å². The van der Waals surface area contributed by atoms with E-state index in [-0.39, 0.29) is 5.91 Å². The molecule has 7 nitrogen and oxygen atoms in total. The minimum Gasteiger partial charge on any atom is -0.497 e. The molecule has 3 aromatic rings. The summed E-state index contributed by atoms with van der Waals surface area (Å²) in [6.45, 7) is 0.587. The summed E-state index contributed by atoms with van der Waals surface area (Å²) in [6.07, 6.45) is 3.47. The molecule has 0 aliphatic rings. The van der Waals surface area contributed by atoms with Crippen LogP contribution in [0.2, 0.25) is 0 Å². The van der Waals surface area contributed by atoms with E-state index < -0.39 is 0 Å². The van der Waals surface area contributed by atoms with E-state index in [1.165, 1.54) is 0 Å². The van der Waals surface area contributed by atoms with Gasteiger partial charge in [-0.1, -0.05) is 17.6 Å². The highest BCUT2D eigenvalue weighted by molar-refractivity contribution is 7.13. The predicted octanol–water partition coefficient (Wildman–Crippen LogP) is 3.96. The highest BCUT2D eigenvalue weighted by Gasteiger charge is 2.13. The molecule has 0 atom stereocenters. The molecule has 0 radical (unpaired) electrons. The molecule has 1 amide bonds. The van der Waals surface area contributed by atoms with Gasteiger partial charge in [-0.3, -0.25) is 4.79 Å². The molecule has 2 heterocycles. The average Bonchev–Trinajstić information content (AvgIpc) is 3.41. The standard InChI is InChI=1S/C20H23N3O4S/c1-25-14-9-10-16(26-2)15(13-14)20(24)21-11-5-3-4-8-18-22-19(23-27-18)17-7-6-12-28-17/h6-7,9-10,12-13H,3-5,8,11H2,1-2H3,(H,21,24). The van der Waals surface area contributed by atoms with Crippen LogP contribution in [0.4, 0.5) is 0 Å². The number of nitrogens with zero attached hydrogens (tertiary/aromatic N) is 2. The molecule has 0 aliphatic heterocycles. The molecule has 2 aromatic heterocycles. The molecule has 148 valence electrons. The molecule has 0 aliphatic carbocycles. The Morgan fingerprint density at radius 1 is 1.18 bits per heavy atom. The van der Waals surface area contributed by atoms with E-state index in [1.54, 1.807) is 43.8 Å². The molecule has 0 bridgehead atoms. The van der Waals surface area contributed by atoms with Gasteiger partial charge < -0.3 is 19.3 Å². The van der Waals surface area contributed by atoms with Gasteiger partial charge in [0.25, 0.3) is 5.91 Å². The molecule has 0 spiro atoms. The van der Waals surface area contributed by atoms with Gasteiger partial charge in [0.15, 0.2) is 0 Å². The lowest BCUT2D eigenvalue weighted by Crippen LogP contribution is -2.25. The van der Waals surface area contributed by atoms with Crippen molar-refractivity contribution in [3.63, 3.8) is 0 Å². The first-order chi connectivity index (χ1) is 13.7. The Kier molecular flexibility index (Phi) is 7.02. The minimum absolute atomic E-state index is 0.173. The van der Waals surface area contributed by atoms with E-state index in [4.69, 9.17) is 14.0 Å². The Morgan fingerprint density at radius 3 is 2.82 bits per heavy atom. The first-order valence-electron chi connectivity index (χ1n) is 9.08.